The average Bonchev–Trinajstić information content (AvgIpc) is 2.33. The van der Waals surface area contributed by atoms with Crippen LogP contribution in [0.5, 0.6) is 0 Å². The third kappa shape index (κ3) is 2.65. The summed E-state index contributed by atoms with van der Waals surface area (Å²) in [5, 5.41) is 0. The molecular formula is C14H20N2O. The Morgan fingerprint density at radius 1 is 1.41 bits per heavy atom. The van der Waals surface area contributed by atoms with Crippen molar-refractivity contribution in [3.8, 4) is 0 Å². The van der Waals surface area contributed by atoms with Gasteiger partial charge in [0.1, 0.15) is 5.82 Å². The van der Waals surface area contributed by atoms with Crippen molar-refractivity contribution in [1.29, 1.82) is 0 Å². The second-order valence-electron chi connectivity index (χ2n) is 5.15. The van der Waals surface area contributed by atoms with Gasteiger partial charge >= 0.3 is 0 Å². The molecule has 1 fully saturated rings. The molecule has 17 heavy (non-hydrogen) atoms. The third-order valence-electron chi connectivity index (χ3n) is 3.81. The molecule has 3 heteroatoms. The summed E-state index contributed by atoms with van der Waals surface area (Å²) in [6, 6.07) is 3.69. The van der Waals surface area contributed by atoms with Gasteiger partial charge in [0.15, 0.2) is 5.78 Å². The monoisotopic (exact) mass is 232 g/mol. The lowest BCUT2D eigenvalue weighted by atomic mass is 9.89. The zero-order chi connectivity index (χ0) is 12.4. The first-order valence-electron chi connectivity index (χ1n) is 6.30. The van der Waals surface area contributed by atoms with E-state index in [4.69, 9.17) is 0 Å². The molecule has 1 aliphatic heterocycles. The normalized spacial score (nSPS) is 24.8. The smallest absolute Gasteiger partial charge is 0.159 e. The Morgan fingerprint density at radius 3 is 2.82 bits per heavy atom. The van der Waals surface area contributed by atoms with Crippen LogP contribution in [0.1, 0.15) is 37.6 Å². The summed E-state index contributed by atoms with van der Waals surface area (Å²) in [6.45, 7) is 8.27. The van der Waals surface area contributed by atoms with Crippen LogP contribution in [0.4, 0.5) is 5.82 Å². The number of aromatic nitrogens is 1. The van der Waals surface area contributed by atoms with Gasteiger partial charge in [-0.25, -0.2) is 4.98 Å². The molecule has 0 amide bonds. The highest BCUT2D eigenvalue weighted by atomic mass is 16.1. The summed E-state index contributed by atoms with van der Waals surface area (Å²) < 4.78 is 0. The number of carbonyl (C=O) groups excluding carboxylic acids is 1. The summed E-state index contributed by atoms with van der Waals surface area (Å²) in [6.07, 6.45) is 2.93. The van der Waals surface area contributed by atoms with Crippen molar-refractivity contribution in [2.24, 2.45) is 11.8 Å². The first-order chi connectivity index (χ1) is 8.08. The summed E-state index contributed by atoms with van der Waals surface area (Å²) in [4.78, 5) is 18.0. The van der Waals surface area contributed by atoms with E-state index >= 15 is 0 Å². The Kier molecular flexibility index (Phi) is 3.46. The molecule has 1 aromatic rings. The molecule has 2 atom stereocenters. The van der Waals surface area contributed by atoms with Crippen molar-refractivity contribution in [3.63, 3.8) is 0 Å². The standard InChI is InChI=1S/C14H20N2O/c1-10-5-7-16(9-11(10)2)14-8-13(12(3)17)4-6-15-14/h4,6,8,10-11H,5,7,9H2,1-3H3. The van der Waals surface area contributed by atoms with Crippen LogP contribution < -0.4 is 4.90 Å². The van der Waals surface area contributed by atoms with E-state index in [1.54, 1.807) is 19.2 Å². The maximum absolute atomic E-state index is 11.4. The highest BCUT2D eigenvalue weighted by molar-refractivity contribution is 5.94. The van der Waals surface area contributed by atoms with Gasteiger partial charge in [0.05, 0.1) is 0 Å². The van der Waals surface area contributed by atoms with Crippen molar-refractivity contribution in [3.05, 3.63) is 23.9 Å². The molecule has 0 aliphatic carbocycles. The molecule has 2 rings (SSSR count). The minimum atomic E-state index is 0.104. The predicted octanol–water partition coefficient (Wildman–Crippen LogP) is 2.77. The van der Waals surface area contributed by atoms with E-state index in [2.05, 4.69) is 23.7 Å². The Morgan fingerprint density at radius 2 is 2.18 bits per heavy atom. The molecule has 2 unspecified atom stereocenters. The zero-order valence-electron chi connectivity index (χ0n) is 10.8. The van der Waals surface area contributed by atoms with Gasteiger partial charge in [-0.2, -0.15) is 0 Å². The van der Waals surface area contributed by atoms with Gasteiger partial charge in [-0.15, -0.1) is 0 Å². The second-order valence-corrected chi connectivity index (χ2v) is 5.15. The molecule has 0 saturated carbocycles. The van der Waals surface area contributed by atoms with E-state index in [0.29, 0.717) is 5.92 Å². The summed E-state index contributed by atoms with van der Waals surface area (Å²) in [5.41, 5.74) is 0.751. The van der Waals surface area contributed by atoms with E-state index < -0.39 is 0 Å². The number of anilines is 1. The number of carbonyl (C=O) groups is 1. The maximum Gasteiger partial charge on any atom is 0.159 e. The molecule has 92 valence electrons. The van der Waals surface area contributed by atoms with Gasteiger partial charge < -0.3 is 4.90 Å². The third-order valence-corrected chi connectivity index (χ3v) is 3.81. The Bertz CT molecular complexity index is 416. The van der Waals surface area contributed by atoms with Gasteiger partial charge in [0, 0.05) is 24.8 Å². The van der Waals surface area contributed by atoms with E-state index in [1.165, 1.54) is 6.42 Å². The van der Waals surface area contributed by atoms with Crippen LogP contribution in [0.2, 0.25) is 0 Å². The number of pyridine rings is 1. The van der Waals surface area contributed by atoms with Crippen molar-refractivity contribution in [2.45, 2.75) is 27.2 Å². The lowest BCUT2D eigenvalue weighted by Crippen LogP contribution is -2.38. The van der Waals surface area contributed by atoms with Crippen molar-refractivity contribution >= 4 is 11.6 Å². The molecule has 0 radical (unpaired) electrons. The lowest BCUT2D eigenvalue weighted by Gasteiger charge is -2.36. The SMILES string of the molecule is CC(=O)c1ccnc(N2CCC(C)C(C)C2)c1. The molecule has 0 spiro atoms. The largest absolute Gasteiger partial charge is 0.356 e. The highest BCUT2D eigenvalue weighted by Gasteiger charge is 2.23. The summed E-state index contributed by atoms with van der Waals surface area (Å²) in [7, 11) is 0. The maximum atomic E-state index is 11.4. The minimum Gasteiger partial charge on any atom is -0.356 e. The number of hydrogen-bond acceptors (Lipinski definition) is 3. The molecule has 0 aromatic carbocycles. The van der Waals surface area contributed by atoms with Gasteiger partial charge in [-0.3, -0.25) is 4.79 Å². The topological polar surface area (TPSA) is 33.2 Å². The molecule has 3 nitrogen and oxygen atoms in total. The Labute approximate surface area is 103 Å². The van der Waals surface area contributed by atoms with E-state index in [9.17, 15) is 4.79 Å². The van der Waals surface area contributed by atoms with Crippen LogP contribution in [0.3, 0.4) is 0 Å². The van der Waals surface area contributed by atoms with E-state index in [1.807, 2.05) is 6.07 Å². The van der Waals surface area contributed by atoms with Crippen LogP contribution in [-0.4, -0.2) is 23.9 Å². The molecular weight excluding hydrogens is 212 g/mol. The second kappa shape index (κ2) is 4.86. The highest BCUT2D eigenvalue weighted by Crippen LogP contribution is 2.26. The number of piperidine rings is 1. The molecule has 1 saturated heterocycles. The van der Waals surface area contributed by atoms with E-state index in [-0.39, 0.29) is 5.78 Å². The summed E-state index contributed by atoms with van der Waals surface area (Å²) >= 11 is 0. The first kappa shape index (κ1) is 12.1. The van der Waals surface area contributed by atoms with Gasteiger partial charge in [-0.1, -0.05) is 13.8 Å². The Balaban J connectivity index is 2.17. The van der Waals surface area contributed by atoms with Gasteiger partial charge in [-0.05, 0) is 37.3 Å². The van der Waals surface area contributed by atoms with Gasteiger partial charge in [0.25, 0.3) is 0 Å². The van der Waals surface area contributed by atoms with Crippen LogP contribution in [0, 0.1) is 11.8 Å². The number of ketones is 1. The van der Waals surface area contributed by atoms with Crippen LogP contribution >= 0.6 is 0 Å². The van der Waals surface area contributed by atoms with Gasteiger partial charge in [0.2, 0.25) is 0 Å². The fourth-order valence-electron chi connectivity index (χ4n) is 2.28. The lowest BCUT2D eigenvalue weighted by molar-refractivity contribution is 0.101. The molecule has 1 aliphatic rings. The molecule has 0 bridgehead atoms. The number of Topliss-reactive ketones (excluding diaryl/α,β-unsaturated/α-hetero) is 1. The fourth-order valence-corrected chi connectivity index (χ4v) is 2.28. The van der Waals surface area contributed by atoms with Crippen LogP contribution in [-0.2, 0) is 0 Å². The van der Waals surface area contributed by atoms with E-state index in [0.717, 1.165) is 30.4 Å². The molecule has 0 N–H and O–H groups in total. The molecule has 1 aromatic heterocycles. The molecule has 2 heterocycles. The predicted molar refractivity (Wildman–Crippen MR) is 69.4 cm³/mol. The fraction of sp³-hybridized carbons (Fsp3) is 0.571. The number of nitrogens with zero attached hydrogens (tertiary/aromatic N) is 2. The zero-order valence-corrected chi connectivity index (χ0v) is 10.8. The quantitative estimate of drug-likeness (QED) is 0.735. The first-order valence-corrected chi connectivity index (χ1v) is 6.30. The Hall–Kier alpha value is -1.38. The van der Waals surface area contributed by atoms with Crippen LogP contribution in [0.15, 0.2) is 18.3 Å². The summed E-state index contributed by atoms with van der Waals surface area (Å²) in [5.74, 6) is 2.51. The van der Waals surface area contributed by atoms with Crippen molar-refractivity contribution in [2.75, 3.05) is 18.0 Å². The van der Waals surface area contributed by atoms with Crippen LogP contribution in [0.25, 0.3) is 0 Å². The minimum absolute atomic E-state index is 0.104. The average molecular weight is 232 g/mol. The van der Waals surface area contributed by atoms with Crippen molar-refractivity contribution in [1.82, 2.24) is 4.98 Å². The number of hydrogen-bond donors (Lipinski definition) is 0. The number of rotatable bonds is 2. The van der Waals surface area contributed by atoms with Crippen molar-refractivity contribution < 1.29 is 4.79 Å².